The molecule has 1 aliphatic heterocycles. The molecule has 3 amide bonds. The van der Waals surface area contributed by atoms with E-state index in [1.54, 1.807) is 30.3 Å². The number of carbonyl (C=O) groups is 2. The van der Waals surface area contributed by atoms with Gasteiger partial charge in [0, 0.05) is 32.1 Å². The van der Waals surface area contributed by atoms with Crippen LogP contribution in [0.15, 0.2) is 18.3 Å². The third-order valence-corrected chi connectivity index (χ3v) is 4.07. The molecule has 0 bridgehead atoms. The number of rotatable bonds is 6. The second-order valence-electron chi connectivity index (χ2n) is 6.03. The second kappa shape index (κ2) is 9.10. The predicted molar refractivity (Wildman–Crippen MR) is 92.0 cm³/mol. The molecule has 2 N–H and O–H groups in total. The highest BCUT2D eigenvalue weighted by atomic mass is 16.5. The molecule has 132 valence electrons. The number of nitrogens with one attached hydrogen (secondary N) is 2. The van der Waals surface area contributed by atoms with Crippen LogP contribution in [0.25, 0.3) is 0 Å². The Labute approximate surface area is 142 Å². The smallest absolute Gasteiger partial charge is 0.321 e. The van der Waals surface area contributed by atoms with E-state index in [-0.39, 0.29) is 11.9 Å². The van der Waals surface area contributed by atoms with E-state index in [2.05, 4.69) is 15.6 Å². The molecule has 1 atom stereocenters. The number of amides is 3. The van der Waals surface area contributed by atoms with Crippen molar-refractivity contribution in [2.45, 2.75) is 32.6 Å². The van der Waals surface area contributed by atoms with Crippen molar-refractivity contribution in [1.82, 2.24) is 15.2 Å². The highest BCUT2D eigenvalue weighted by Crippen LogP contribution is 2.18. The molecule has 1 saturated heterocycles. The molecule has 0 aliphatic carbocycles. The van der Waals surface area contributed by atoms with E-state index < -0.39 is 0 Å². The number of nitrogens with zero attached hydrogens (tertiary/aromatic N) is 2. The minimum Gasteiger partial charge on any atom is -0.481 e. The summed E-state index contributed by atoms with van der Waals surface area (Å²) in [5.41, 5.74) is 0.638. The Hall–Kier alpha value is -2.31. The molecule has 7 heteroatoms. The lowest BCUT2D eigenvalue weighted by atomic mass is 9.98. The number of methoxy groups -OCH3 is 1. The molecule has 0 spiro atoms. The lowest BCUT2D eigenvalue weighted by Gasteiger charge is -2.32. The fraction of sp³-hybridized carbons (Fsp3) is 0.588. The van der Waals surface area contributed by atoms with E-state index in [4.69, 9.17) is 4.74 Å². The van der Waals surface area contributed by atoms with Crippen LogP contribution in [-0.2, 0) is 4.79 Å². The molecule has 2 heterocycles. The maximum atomic E-state index is 12.4. The van der Waals surface area contributed by atoms with Crippen molar-refractivity contribution in [2.24, 2.45) is 5.92 Å². The van der Waals surface area contributed by atoms with Crippen LogP contribution in [0.2, 0.25) is 0 Å². The fourth-order valence-corrected chi connectivity index (χ4v) is 2.77. The number of piperidine rings is 1. The first kappa shape index (κ1) is 18.0. The van der Waals surface area contributed by atoms with Gasteiger partial charge in [0.15, 0.2) is 0 Å². The molecule has 0 saturated carbocycles. The van der Waals surface area contributed by atoms with E-state index in [0.29, 0.717) is 37.0 Å². The fourth-order valence-electron chi connectivity index (χ4n) is 2.77. The summed E-state index contributed by atoms with van der Waals surface area (Å²) in [6, 6.07) is 3.33. The first-order valence-corrected chi connectivity index (χ1v) is 8.45. The summed E-state index contributed by atoms with van der Waals surface area (Å²) in [4.78, 5) is 29.8. The molecule has 2 rings (SSSR count). The van der Waals surface area contributed by atoms with Crippen LogP contribution in [0.4, 0.5) is 10.5 Å². The number of hydrogen-bond acceptors (Lipinski definition) is 4. The van der Waals surface area contributed by atoms with Crippen molar-refractivity contribution in [3.63, 3.8) is 0 Å². The third kappa shape index (κ3) is 5.40. The van der Waals surface area contributed by atoms with E-state index >= 15 is 0 Å². The van der Waals surface area contributed by atoms with Gasteiger partial charge in [0.25, 0.3) is 0 Å². The van der Waals surface area contributed by atoms with Gasteiger partial charge in [-0.3, -0.25) is 4.79 Å². The van der Waals surface area contributed by atoms with E-state index in [1.165, 1.54) is 0 Å². The van der Waals surface area contributed by atoms with E-state index in [0.717, 1.165) is 25.8 Å². The molecule has 7 nitrogen and oxygen atoms in total. The minimum atomic E-state index is -0.133. The van der Waals surface area contributed by atoms with Gasteiger partial charge in [0.1, 0.15) is 0 Å². The number of hydrogen-bond donors (Lipinski definition) is 2. The Balaban J connectivity index is 1.81. The number of likely N-dealkylation sites (tertiary alicyclic amines) is 1. The van der Waals surface area contributed by atoms with Gasteiger partial charge in [-0.25, -0.2) is 9.78 Å². The maximum Gasteiger partial charge on any atom is 0.321 e. The largest absolute Gasteiger partial charge is 0.481 e. The Morgan fingerprint density at radius 2 is 2.25 bits per heavy atom. The number of pyridine rings is 1. The highest BCUT2D eigenvalue weighted by molar-refractivity contribution is 5.89. The number of anilines is 1. The molecule has 1 aliphatic rings. The van der Waals surface area contributed by atoms with Crippen LogP contribution >= 0.6 is 0 Å². The van der Waals surface area contributed by atoms with Gasteiger partial charge in [-0.05, 0) is 31.2 Å². The van der Waals surface area contributed by atoms with Gasteiger partial charge in [-0.1, -0.05) is 6.92 Å². The summed E-state index contributed by atoms with van der Waals surface area (Å²) in [5.74, 6) is 0.900. The van der Waals surface area contributed by atoms with Crippen LogP contribution in [0.1, 0.15) is 32.6 Å². The standard InChI is InChI=1S/C17H26N4O3/c1-3-5-15(22)18-10-13-6-4-9-21(12-13)17(23)20-14-7-8-16(24-2)19-11-14/h7-8,11,13H,3-6,9-10,12H2,1-2H3,(H,18,22)(H,20,23)/t13-/m0/s1. The molecular weight excluding hydrogens is 308 g/mol. The van der Waals surface area contributed by atoms with Crippen LogP contribution in [0.5, 0.6) is 5.88 Å². The first-order chi connectivity index (χ1) is 11.6. The molecule has 0 unspecified atom stereocenters. The quantitative estimate of drug-likeness (QED) is 0.836. The molecule has 1 aromatic rings. The number of urea groups is 1. The SMILES string of the molecule is CCCC(=O)NC[C@@H]1CCCN(C(=O)Nc2ccc(OC)nc2)C1. The van der Waals surface area contributed by atoms with Gasteiger partial charge >= 0.3 is 6.03 Å². The van der Waals surface area contributed by atoms with Gasteiger partial charge in [0.05, 0.1) is 19.0 Å². The second-order valence-corrected chi connectivity index (χ2v) is 6.03. The summed E-state index contributed by atoms with van der Waals surface area (Å²) in [7, 11) is 1.55. The monoisotopic (exact) mass is 334 g/mol. The average Bonchev–Trinajstić information content (AvgIpc) is 2.61. The lowest BCUT2D eigenvalue weighted by Crippen LogP contribution is -2.45. The summed E-state index contributed by atoms with van der Waals surface area (Å²) in [6.45, 7) is 4.00. The normalized spacial score (nSPS) is 17.2. The van der Waals surface area contributed by atoms with Crippen LogP contribution in [0.3, 0.4) is 0 Å². The molecule has 1 aromatic heterocycles. The van der Waals surface area contributed by atoms with Gasteiger partial charge in [0.2, 0.25) is 11.8 Å². The van der Waals surface area contributed by atoms with Crippen molar-refractivity contribution < 1.29 is 14.3 Å². The molecule has 0 radical (unpaired) electrons. The maximum absolute atomic E-state index is 12.4. The number of carbonyl (C=O) groups excluding carboxylic acids is 2. The highest BCUT2D eigenvalue weighted by Gasteiger charge is 2.24. The topological polar surface area (TPSA) is 83.6 Å². The summed E-state index contributed by atoms with van der Waals surface area (Å²) < 4.78 is 5.00. The molecule has 24 heavy (non-hydrogen) atoms. The Morgan fingerprint density at radius 1 is 1.42 bits per heavy atom. The van der Waals surface area contributed by atoms with E-state index in [9.17, 15) is 9.59 Å². The third-order valence-electron chi connectivity index (χ3n) is 4.07. The Bertz CT molecular complexity index is 547. The zero-order chi connectivity index (χ0) is 17.4. The lowest BCUT2D eigenvalue weighted by molar-refractivity contribution is -0.121. The molecule has 0 aromatic carbocycles. The van der Waals surface area contributed by atoms with Crippen molar-refractivity contribution >= 4 is 17.6 Å². The number of aromatic nitrogens is 1. The van der Waals surface area contributed by atoms with Gasteiger partial charge in [-0.15, -0.1) is 0 Å². The van der Waals surface area contributed by atoms with Crippen molar-refractivity contribution in [3.8, 4) is 5.88 Å². The molecule has 1 fully saturated rings. The van der Waals surface area contributed by atoms with Crippen LogP contribution in [0, 0.1) is 5.92 Å². The Morgan fingerprint density at radius 3 is 2.92 bits per heavy atom. The van der Waals surface area contributed by atoms with Crippen LogP contribution < -0.4 is 15.4 Å². The van der Waals surface area contributed by atoms with Crippen molar-refractivity contribution in [1.29, 1.82) is 0 Å². The first-order valence-electron chi connectivity index (χ1n) is 8.45. The summed E-state index contributed by atoms with van der Waals surface area (Å²) in [5, 5.41) is 5.80. The van der Waals surface area contributed by atoms with Gasteiger partial charge in [-0.2, -0.15) is 0 Å². The van der Waals surface area contributed by atoms with Crippen LogP contribution in [-0.4, -0.2) is 48.6 Å². The molecular formula is C17H26N4O3. The Kier molecular flexibility index (Phi) is 6.84. The summed E-state index contributed by atoms with van der Waals surface area (Å²) >= 11 is 0. The zero-order valence-corrected chi connectivity index (χ0v) is 14.4. The predicted octanol–water partition coefficient (Wildman–Crippen LogP) is 2.25. The summed E-state index contributed by atoms with van der Waals surface area (Å²) in [6.07, 6.45) is 4.95. The number of ether oxygens (including phenoxy) is 1. The average molecular weight is 334 g/mol. The van der Waals surface area contributed by atoms with Crippen molar-refractivity contribution in [2.75, 3.05) is 32.1 Å². The van der Waals surface area contributed by atoms with Gasteiger partial charge < -0.3 is 20.3 Å². The van der Waals surface area contributed by atoms with E-state index in [1.807, 2.05) is 6.92 Å². The minimum absolute atomic E-state index is 0.0865. The van der Waals surface area contributed by atoms with Crippen molar-refractivity contribution in [3.05, 3.63) is 18.3 Å². The zero-order valence-electron chi connectivity index (χ0n) is 14.4.